The summed E-state index contributed by atoms with van der Waals surface area (Å²) in [5.41, 5.74) is -1.45. The standard InChI is InChI=1S/C7H12BO13P3S/c1-7(4-3(5(8)19-7)17-6(25)18-4)2-16-23(12,13)21-24(14,15)20-22(9,10)11/h3-5H,2H2,1H3,(H,12,13)(H,14,15)(H2,9,10,11). The molecule has 0 amide bonds. The summed E-state index contributed by atoms with van der Waals surface area (Å²) >= 11 is 4.72. The van der Waals surface area contributed by atoms with E-state index in [9.17, 15) is 18.6 Å². The van der Waals surface area contributed by atoms with Crippen LogP contribution in [-0.2, 0) is 41.1 Å². The highest BCUT2D eigenvalue weighted by Crippen LogP contribution is 2.66. The SMILES string of the molecule is [B]C1OC(C)(COP(=O)(O)OP(=O)(O)OP(=O)(O)O)C2OC(=S)OC12. The Kier molecular flexibility index (Phi) is 5.95. The predicted octanol–water partition coefficient (Wildman–Crippen LogP) is -0.318. The fraction of sp³-hybridized carbons (Fsp3) is 0.857. The van der Waals surface area contributed by atoms with Gasteiger partial charge in [-0.2, -0.15) is 8.62 Å². The second-order valence-corrected chi connectivity index (χ2v) is 9.88. The average Bonchev–Trinajstić information content (AvgIpc) is 2.83. The molecule has 2 radical (unpaired) electrons. The van der Waals surface area contributed by atoms with E-state index in [1.807, 2.05) is 0 Å². The summed E-state index contributed by atoms with van der Waals surface area (Å²) in [4.78, 5) is 35.4. The van der Waals surface area contributed by atoms with Gasteiger partial charge < -0.3 is 33.8 Å². The van der Waals surface area contributed by atoms with Gasteiger partial charge in [-0.3, -0.25) is 4.52 Å². The van der Waals surface area contributed by atoms with Crippen LogP contribution < -0.4 is 0 Å². The highest BCUT2D eigenvalue weighted by atomic mass is 32.1. The molecular formula is C7H12BO13P3S. The summed E-state index contributed by atoms with van der Waals surface area (Å²) < 4.78 is 60.8. The molecule has 13 nitrogen and oxygen atoms in total. The molecular weight excluding hydrogens is 428 g/mol. The molecule has 0 aromatic rings. The maximum atomic E-state index is 11.7. The van der Waals surface area contributed by atoms with Crippen LogP contribution in [0.4, 0.5) is 0 Å². The quantitative estimate of drug-likeness (QED) is 0.229. The molecule has 2 aliphatic rings. The molecule has 142 valence electrons. The van der Waals surface area contributed by atoms with Gasteiger partial charge >= 0.3 is 28.7 Å². The first kappa shape index (κ1) is 21.4. The molecule has 6 unspecified atom stereocenters. The van der Waals surface area contributed by atoms with Crippen LogP contribution in [0.5, 0.6) is 0 Å². The highest BCUT2D eigenvalue weighted by molar-refractivity contribution is 7.79. The van der Waals surface area contributed by atoms with Crippen LogP contribution in [0.3, 0.4) is 0 Å². The largest absolute Gasteiger partial charge is 0.490 e. The Balaban J connectivity index is 2.02. The summed E-state index contributed by atoms with van der Waals surface area (Å²) in [7, 11) is -10.7. The van der Waals surface area contributed by atoms with Crippen molar-refractivity contribution in [3.05, 3.63) is 0 Å². The molecule has 0 bridgehead atoms. The molecule has 25 heavy (non-hydrogen) atoms. The van der Waals surface area contributed by atoms with E-state index in [1.165, 1.54) is 6.92 Å². The summed E-state index contributed by atoms with van der Waals surface area (Å²) in [6, 6.07) is -1.00. The van der Waals surface area contributed by atoms with Gasteiger partial charge in [-0.1, -0.05) is 0 Å². The highest BCUT2D eigenvalue weighted by Gasteiger charge is 2.58. The molecule has 6 atom stereocenters. The van der Waals surface area contributed by atoms with Crippen molar-refractivity contribution < 1.29 is 60.6 Å². The van der Waals surface area contributed by atoms with Gasteiger partial charge in [0.1, 0.15) is 13.4 Å². The number of hydrogen-bond donors (Lipinski definition) is 4. The van der Waals surface area contributed by atoms with E-state index in [0.29, 0.717) is 0 Å². The van der Waals surface area contributed by atoms with E-state index >= 15 is 0 Å². The van der Waals surface area contributed by atoms with E-state index in [1.54, 1.807) is 0 Å². The van der Waals surface area contributed by atoms with Crippen LogP contribution in [0.15, 0.2) is 0 Å². The molecule has 2 fully saturated rings. The van der Waals surface area contributed by atoms with Crippen LogP contribution in [-0.4, -0.2) is 63.1 Å². The van der Waals surface area contributed by atoms with Crippen molar-refractivity contribution >= 4 is 48.8 Å². The minimum atomic E-state index is -5.61. The second-order valence-electron chi connectivity index (χ2n) is 5.13. The third kappa shape index (κ3) is 5.55. The molecule has 18 heteroatoms. The minimum Gasteiger partial charge on any atom is -0.448 e. The van der Waals surface area contributed by atoms with Gasteiger partial charge in [-0.25, -0.2) is 13.7 Å². The number of phosphoric acid groups is 3. The Morgan fingerprint density at radius 3 is 2.32 bits per heavy atom. The Morgan fingerprint density at radius 2 is 1.76 bits per heavy atom. The Hall–Kier alpha value is 0.125. The number of thiocarbonyl (C=S) groups is 1. The number of fused-ring (bicyclic) bond motifs is 1. The normalized spacial score (nSPS) is 36.8. The van der Waals surface area contributed by atoms with Crippen molar-refractivity contribution in [3.8, 4) is 0 Å². The molecule has 2 saturated heterocycles. The fourth-order valence-electron chi connectivity index (χ4n) is 2.16. The molecule has 0 aromatic carbocycles. The Morgan fingerprint density at radius 1 is 1.16 bits per heavy atom. The number of hydrogen-bond acceptors (Lipinski definition) is 10. The van der Waals surface area contributed by atoms with Crippen LogP contribution >= 0.6 is 35.7 Å². The maximum Gasteiger partial charge on any atom is 0.490 e. The first-order valence-corrected chi connectivity index (χ1v) is 11.1. The van der Waals surface area contributed by atoms with E-state index in [2.05, 4.69) is 13.1 Å². The molecule has 0 aromatic heterocycles. The molecule has 0 aliphatic carbocycles. The van der Waals surface area contributed by atoms with Gasteiger partial charge in [0.05, 0.1) is 12.6 Å². The zero-order valence-electron chi connectivity index (χ0n) is 12.2. The Labute approximate surface area is 147 Å². The van der Waals surface area contributed by atoms with Gasteiger partial charge in [0, 0.05) is 12.2 Å². The van der Waals surface area contributed by atoms with Crippen LogP contribution in [0.25, 0.3) is 0 Å². The lowest BCUT2D eigenvalue weighted by Crippen LogP contribution is -2.43. The summed E-state index contributed by atoms with van der Waals surface area (Å²) in [5, 5.41) is -0.210. The van der Waals surface area contributed by atoms with Crippen molar-refractivity contribution in [2.24, 2.45) is 0 Å². The minimum absolute atomic E-state index is 0.210. The lowest BCUT2D eigenvalue weighted by molar-refractivity contribution is -0.0787. The van der Waals surface area contributed by atoms with Crippen molar-refractivity contribution in [2.75, 3.05) is 6.61 Å². The lowest BCUT2D eigenvalue weighted by atomic mass is 9.90. The number of phosphoric ester groups is 1. The predicted molar refractivity (Wildman–Crippen MR) is 81.2 cm³/mol. The zero-order valence-corrected chi connectivity index (χ0v) is 15.7. The first-order chi connectivity index (χ1) is 11.1. The first-order valence-electron chi connectivity index (χ1n) is 6.22. The van der Waals surface area contributed by atoms with Crippen LogP contribution in [0.2, 0.25) is 0 Å². The summed E-state index contributed by atoms with van der Waals surface area (Å²) in [5.74, 6) is 0. The lowest BCUT2D eigenvalue weighted by Gasteiger charge is -2.28. The van der Waals surface area contributed by atoms with Crippen molar-refractivity contribution in [2.45, 2.75) is 30.7 Å². The summed E-state index contributed by atoms with van der Waals surface area (Å²) in [6.45, 7) is 0.636. The third-order valence-corrected chi connectivity index (χ3v) is 6.99. The van der Waals surface area contributed by atoms with Crippen LogP contribution in [0, 0.1) is 0 Å². The molecule has 2 rings (SSSR count). The van der Waals surface area contributed by atoms with Crippen LogP contribution in [0.1, 0.15) is 6.92 Å². The van der Waals surface area contributed by atoms with Crippen molar-refractivity contribution in [3.63, 3.8) is 0 Å². The van der Waals surface area contributed by atoms with E-state index < -0.39 is 53.9 Å². The van der Waals surface area contributed by atoms with E-state index in [4.69, 9.17) is 49.0 Å². The maximum absolute atomic E-state index is 11.7. The van der Waals surface area contributed by atoms with Gasteiger partial charge in [0.25, 0.3) is 0 Å². The van der Waals surface area contributed by atoms with Gasteiger partial charge in [-0.05, 0) is 6.92 Å². The fourth-order valence-corrected chi connectivity index (χ4v) is 5.49. The molecule has 0 spiro atoms. The molecule has 0 saturated carbocycles. The van der Waals surface area contributed by atoms with Crippen molar-refractivity contribution in [1.82, 2.24) is 0 Å². The average molecular weight is 440 g/mol. The zero-order chi connectivity index (χ0) is 19.3. The van der Waals surface area contributed by atoms with E-state index in [-0.39, 0.29) is 5.24 Å². The van der Waals surface area contributed by atoms with Crippen molar-refractivity contribution in [1.29, 1.82) is 0 Å². The smallest absolute Gasteiger partial charge is 0.448 e. The third-order valence-electron chi connectivity index (χ3n) is 3.02. The van der Waals surface area contributed by atoms with E-state index in [0.717, 1.165) is 0 Å². The van der Waals surface area contributed by atoms with Gasteiger partial charge in [-0.15, -0.1) is 0 Å². The topological polar surface area (TPSA) is 188 Å². The van der Waals surface area contributed by atoms with Gasteiger partial charge in [0.2, 0.25) is 0 Å². The summed E-state index contributed by atoms with van der Waals surface area (Å²) in [6.07, 6.45) is -1.70. The number of ether oxygens (including phenoxy) is 3. The monoisotopic (exact) mass is 440 g/mol. The molecule has 4 N–H and O–H groups in total. The molecule has 2 heterocycles. The van der Waals surface area contributed by atoms with Gasteiger partial charge in [0.15, 0.2) is 12.2 Å². The second kappa shape index (κ2) is 6.94. The number of rotatable bonds is 7. The molecule has 2 aliphatic heterocycles. The Bertz CT molecular complexity index is 695.